The third-order valence-corrected chi connectivity index (χ3v) is 5.84. The third-order valence-electron chi connectivity index (χ3n) is 5.84. The molecule has 3 heterocycles. The Morgan fingerprint density at radius 2 is 1.74 bits per heavy atom. The molecule has 2 aromatic carbocycles. The Bertz CT molecular complexity index is 984. The molecule has 2 saturated heterocycles. The van der Waals surface area contributed by atoms with E-state index in [0.717, 1.165) is 43.0 Å². The van der Waals surface area contributed by atoms with Gasteiger partial charge in [-0.3, -0.25) is 4.79 Å². The van der Waals surface area contributed by atoms with Crippen molar-refractivity contribution in [2.75, 3.05) is 19.6 Å². The lowest BCUT2D eigenvalue weighted by Crippen LogP contribution is -2.77. The Morgan fingerprint density at radius 1 is 1.04 bits per heavy atom. The molecule has 1 amide bonds. The van der Waals surface area contributed by atoms with Crippen LogP contribution in [0.5, 0.6) is 0 Å². The number of nitrogens with zero attached hydrogens (tertiary/aromatic N) is 4. The highest BCUT2D eigenvalue weighted by atomic mass is 16.2. The van der Waals surface area contributed by atoms with E-state index < -0.39 is 0 Å². The maximum Gasteiger partial charge on any atom is 0.276 e. The number of benzene rings is 2. The first-order valence-corrected chi connectivity index (χ1v) is 9.29. The molecular weight excluding hydrogens is 338 g/mol. The highest BCUT2D eigenvalue weighted by Crippen LogP contribution is 2.35. The Morgan fingerprint density at radius 3 is 2.33 bits per heavy atom. The fraction of sp³-hybridized carbons (Fsp3) is 0.286. The second-order valence-corrected chi connectivity index (χ2v) is 7.38. The Balaban J connectivity index is 1.41. The van der Waals surface area contributed by atoms with Crippen LogP contribution in [-0.2, 0) is 0 Å². The number of aromatic nitrogens is 3. The van der Waals surface area contributed by atoms with Crippen molar-refractivity contribution < 1.29 is 4.79 Å². The molecule has 0 saturated carbocycles. The first kappa shape index (κ1) is 16.2. The molecule has 0 atom stereocenters. The van der Waals surface area contributed by atoms with E-state index in [1.54, 1.807) is 4.68 Å². The molecule has 0 unspecified atom stereocenters. The minimum absolute atomic E-state index is 0.00703. The number of hydrogen-bond acceptors (Lipinski definition) is 4. The number of amides is 1. The molecule has 6 nitrogen and oxygen atoms in total. The van der Waals surface area contributed by atoms with Crippen molar-refractivity contribution in [3.05, 3.63) is 66.0 Å². The van der Waals surface area contributed by atoms with Crippen molar-refractivity contribution in [1.29, 1.82) is 0 Å². The Labute approximate surface area is 157 Å². The molecule has 2 fully saturated rings. The van der Waals surface area contributed by atoms with Gasteiger partial charge >= 0.3 is 0 Å². The molecule has 3 aromatic rings. The fourth-order valence-electron chi connectivity index (χ4n) is 3.96. The number of hydrogen-bond donors (Lipinski definition) is 1. The molecule has 1 spiro atoms. The highest BCUT2D eigenvalue weighted by Gasteiger charge is 2.52. The van der Waals surface area contributed by atoms with Gasteiger partial charge in [0, 0.05) is 19.6 Å². The number of carbonyl (C=O) groups excluding carboxylic acids is 1. The van der Waals surface area contributed by atoms with Crippen LogP contribution >= 0.6 is 0 Å². The van der Waals surface area contributed by atoms with E-state index >= 15 is 0 Å². The summed E-state index contributed by atoms with van der Waals surface area (Å²) in [6.45, 7) is 4.47. The number of likely N-dealkylation sites (tertiary alicyclic amines) is 1. The zero-order valence-electron chi connectivity index (χ0n) is 15.2. The maximum atomic E-state index is 12.9. The van der Waals surface area contributed by atoms with Crippen LogP contribution < -0.4 is 5.32 Å². The van der Waals surface area contributed by atoms with Gasteiger partial charge in [-0.05, 0) is 36.6 Å². The van der Waals surface area contributed by atoms with Crippen molar-refractivity contribution in [1.82, 2.24) is 25.2 Å². The second kappa shape index (κ2) is 6.03. The zero-order chi connectivity index (χ0) is 18.4. The summed E-state index contributed by atoms with van der Waals surface area (Å²) in [4.78, 5) is 14.9. The van der Waals surface area contributed by atoms with Gasteiger partial charge in [-0.1, -0.05) is 47.7 Å². The normalized spacial score (nSPS) is 17.4. The van der Waals surface area contributed by atoms with Crippen LogP contribution in [0.2, 0.25) is 0 Å². The Hall–Kier alpha value is -2.99. The van der Waals surface area contributed by atoms with Gasteiger partial charge in [-0.15, -0.1) is 5.10 Å². The van der Waals surface area contributed by atoms with E-state index in [-0.39, 0.29) is 11.4 Å². The smallest absolute Gasteiger partial charge is 0.276 e. The zero-order valence-corrected chi connectivity index (χ0v) is 15.2. The largest absolute Gasteiger partial charge is 0.329 e. The predicted octanol–water partition coefficient (Wildman–Crippen LogP) is 2.43. The number of nitrogens with one attached hydrogen (secondary N) is 1. The van der Waals surface area contributed by atoms with Gasteiger partial charge in [0.25, 0.3) is 5.91 Å². The van der Waals surface area contributed by atoms with Gasteiger partial charge in [-0.2, -0.15) is 0 Å². The van der Waals surface area contributed by atoms with Crippen molar-refractivity contribution in [3.63, 3.8) is 0 Å². The summed E-state index contributed by atoms with van der Waals surface area (Å²) in [5.41, 5.74) is 4.48. The fourth-order valence-corrected chi connectivity index (χ4v) is 3.96. The molecule has 136 valence electrons. The minimum Gasteiger partial charge on any atom is -0.329 e. The van der Waals surface area contributed by atoms with E-state index in [4.69, 9.17) is 0 Å². The number of rotatable bonds is 3. The average Bonchev–Trinajstić information content (AvgIpc) is 3.02. The van der Waals surface area contributed by atoms with Gasteiger partial charge < -0.3 is 10.2 Å². The monoisotopic (exact) mass is 359 g/mol. The maximum absolute atomic E-state index is 12.9. The standard InChI is InChI=1S/C21H21N5O/c1-15-19(20(27)25-12-11-21(25)13-22-14-21)23-24-26(15)18-9-7-17(8-10-18)16-5-3-2-4-6-16/h2-10,22H,11-14H2,1H3. The summed E-state index contributed by atoms with van der Waals surface area (Å²) in [5.74, 6) is -0.00703. The summed E-state index contributed by atoms with van der Waals surface area (Å²) in [6.07, 6.45) is 1.07. The molecule has 2 aliphatic rings. The van der Waals surface area contributed by atoms with E-state index in [1.807, 2.05) is 42.2 Å². The van der Waals surface area contributed by atoms with Crippen LogP contribution in [0.15, 0.2) is 54.6 Å². The van der Waals surface area contributed by atoms with Crippen LogP contribution in [-0.4, -0.2) is 51.0 Å². The van der Waals surface area contributed by atoms with Gasteiger partial charge in [0.05, 0.1) is 16.9 Å². The lowest BCUT2D eigenvalue weighted by Gasteiger charge is -2.58. The molecule has 5 rings (SSSR count). The van der Waals surface area contributed by atoms with Crippen molar-refractivity contribution in [3.8, 4) is 16.8 Å². The van der Waals surface area contributed by atoms with E-state index in [1.165, 1.54) is 5.56 Å². The highest BCUT2D eigenvalue weighted by molar-refractivity contribution is 5.94. The van der Waals surface area contributed by atoms with Crippen molar-refractivity contribution in [2.24, 2.45) is 0 Å². The lowest BCUT2D eigenvalue weighted by atomic mass is 9.79. The molecule has 0 bridgehead atoms. The minimum atomic E-state index is -0.00703. The predicted molar refractivity (Wildman–Crippen MR) is 103 cm³/mol. The van der Waals surface area contributed by atoms with Gasteiger partial charge in [0.15, 0.2) is 5.69 Å². The number of carbonyl (C=O) groups is 1. The lowest BCUT2D eigenvalue weighted by molar-refractivity contribution is -0.0326. The average molecular weight is 359 g/mol. The molecule has 2 aliphatic heterocycles. The van der Waals surface area contributed by atoms with Crippen LogP contribution in [0.4, 0.5) is 0 Å². The van der Waals surface area contributed by atoms with Crippen LogP contribution in [0.3, 0.4) is 0 Å². The van der Waals surface area contributed by atoms with Crippen molar-refractivity contribution >= 4 is 5.91 Å². The van der Waals surface area contributed by atoms with Gasteiger partial charge in [0.1, 0.15) is 0 Å². The summed E-state index contributed by atoms with van der Waals surface area (Å²) >= 11 is 0. The summed E-state index contributed by atoms with van der Waals surface area (Å²) in [6, 6.07) is 18.4. The second-order valence-electron chi connectivity index (χ2n) is 7.38. The van der Waals surface area contributed by atoms with Gasteiger partial charge in [-0.25, -0.2) is 4.68 Å². The Kier molecular flexibility index (Phi) is 3.62. The quantitative estimate of drug-likeness (QED) is 0.780. The molecule has 6 heteroatoms. The molecular formula is C21H21N5O. The summed E-state index contributed by atoms with van der Waals surface area (Å²) < 4.78 is 1.74. The first-order chi connectivity index (χ1) is 13.2. The topological polar surface area (TPSA) is 63.1 Å². The van der Waals surface area contributed by atoms with Gasteiger partial charge in [0.2, 0.25) is 0 Å². The molecule has 1 N–H and O–H groups in total. The third kappa shape index (κ3) is 2.48. The SMILES string of the molecule is Cc1c(C(=O)N2CCC23CNC3)nnn1-c1ccc(-c2ccccc2)cc1. The van der Waals surface area contributed by atoms with Crippen molar-refractivity contribution in [2.45, 2.75) is 18.9 Å². The summed E-state index contributed by atoms with van der Waals surface area (Å²) in [5, 5.41) is 11.7. The molecule has 27 heavy (non-hydrogen) atoms. The van der Waals surface area contributed by atoms with E-state index in [0.29, 0.717) is 5.69 Å². The first-order valence-electron chi connectivity index (χ1n) is 9.29. The molecule has 0 aliphatic carbocycles. The van der Waals surface area contributed by atoms with E-state index in [2.05, 4.69) is 39.9 Å². The van der Waals surface area contributed by atoms with Crippen LogP contribution in [0.25, 0.3) is 16.8 Å². The molecule has 0 radical (unpaired) electrons. The summed E-state index contributed by atoms with van der Waals surface area (Å²) in [7, 11) is 0. The van der Waals surface area contributed by atoms with E-state index in [9.17, 15) is 4.79 Å². The molecule has 1 aromatic heterocycles. The van der Waals surface area contributed by atoms with Crippen LogP contribution in [0, 0.1) is 6.92 Å². The van der Waals surface area contributed by atoms with Crippen LogP contribution in [0.1, 0.15) is 22.6 Å².